The Morgan fingerprint density at radius 3 is 2.63 bits per heavy atom. The van der Waals surface area contributed by atoms with E-state index in [-0.39, 0.29) is 22.7 Å². The highest BCUT2D eigenvalue weighted by Gasteiger charge is 2.24. The molecule has 1 aromatic carbocycles. The third-order valence-corrected chi connectivity index (χ3v) is 4.93. The predicted molar refractivity (Wildman–Crippen MR) is 103 cm³/mol. The van der Waals surface area contributed by atoms with Crippen LogP contribution in [-0.2, 0) is 17.9 Å². The van der Waals surface area contributed by atoms with Crippen molar-refractivity contribution in [2.45, 2.75) is 20.0 Å². The number of aromatic nitrogens is 4. The first-order valence-electron chi connectivity index (χ1n) is 7.78. The lowest BCUT2D eigenvalue weighted by Gasteiger charge is -2.03. The molecule has 0 aliphatic rings. The molecule has 2 heterocycles. The van der Waals surface area contributed by atoms with Gasteiger partial charge in [0.05, 0.1) is 17.3 Å². The smallest absolute Gasteiger partial charge is 0.358 e. The lowest BCUT2D eigenvalue weighted by Crippen LogP contribution is -2.20. The molecule has 0 bridgehead atoms. The van der Waals surface area contributed by atoms with Crippen molar-refractivity contribution in [1.82, 2.24) is 19.6 Å². The largest absolute Gasteiger partial charge is 0.404 e. The Morgan fingerprint density at radius 1 is 1.30 bits per heavy atom. The second kappa shape index (κ2) is 7.89. The Bertz CT molecular complexity index is 998. The van der Waals surface area contributed by atoms with E-state index in [0.717, 1.165) is 5.56 Å². The van der Waals surface area contributed by atoms with Crippen LogP contribution in [0.15, 0.2) is 41.0 Å². The zero-order chi connectivity index (χ0) is 19.6. The highest BCUT2D eigenvalue weighted by Crippen LogP contribution is 2.26. The first kappa shape index (κ1) is 19.1. The van der Waals surface area contributed by atoms with Gasteiger partial charge in [0.1, 0.15) is 11.0 Å². The molecule has 0 aliphatic carbocycles. The van der Waals surface area contributed by atoms with Crippen molar-refractivity contribution >= 4 is 45.1 Å². The molecule has 27 heavy (non-hydrogen) atoms. The number of carbonyl (C=O) groups excluding carboxylic acids is 1. The number of nitro groups is 1. The van der Waals surface area contributed by atoms with Gasteiger partial charge in [-0.3, -0.25) is 9.48 Å². The molecule has 0 spiro atoms. The van der Waals surface area contributed by atoms with Crippen molar-refractivity contribution in [3.05, 3.63) is 67.4 Å². The van der Waals surface area contributed by atoms with Crippen molar-refractivity contribution < 1.29 is 9.72 Å². The Kier molecular flexibility index (Phi) is 5.57. The van der Waals surface area contributed by atoms with Crippen LogP contribution in [0.4, 0.5) is 11.6 Å². The van der Waals surface area contributed by atoms with Crippen LogP contribution in [0.1, 0.15) is 11.3 Å². The van der Waals surface area contributed by atoms with Gasteiger partial charge in [-0.25, -0.2) is 0 Å². The van der Waals surface area contributed by atoms with Gasteiger partial charge < -0.3 is 15.4 Å². The molecule has 0 fully saturated rings. The first-order valence-corrected chi connectivity index (χ1v) is 8.95. The number of carbonyl (C=O) groups is 1. The number of hydrogen-bond donors (Lipinski definition) is 1. The first-order chi connectivity index (χ1) is 12.8. The van der Waals surface area contributed by atoms with Crippen LogP contribution in [0.5, 0.6) is 0 Å². The van der Waals surface area contributed by atoms with E-state index >= 15 is 0 Å². The molecule has 2 aromatic heterocycles. The summed E-state index contributed by atoms with van der Waals surface area (Å²) in [5, 5.41) is 22.3. The van der Waals surface area contributed by atoms with Gasteiger partial charge in [-0.1, -0.05) is 23.7 Å². The Morgan fingerprint density at radius 2 is 2.00 bits per heavy atom. The third kappa shape index (κ3) is 4.52. The summed E-state index contributed by atoms with van der Waals surface area (Å²) in [6.07, 6.45) is 1.74. The fraction of sp³-hybridized carbons (Fsp3) is 0.188. The number of hydrogen-bond acceptors (Lipinski definition) is 5. The van der Waals surface area contributed by atoms with Crippen molar-refractivity contribution in [2.75, 3.05) is 5.32 Å². The topological polar surface area (TPSA) is 108 Å². The van der Waals surface area contributed by atoms with E-state index in [9.17, 15) is 14.9 Å². The minimum absolute atomic E-state index is 0.164. The van der Waals surface area contributed by atoms with Gasteiger partial charge in [0.2, 0.25) is 5.91 Å². The Hall–Kier alpha value is -2.72. The lowest BCUT2D eigenvalue weighted by atomic mass is 10.2. The standard InChI is InChI=1S/C16H14BrClN6O3/c1-10-15(17)16(24(26)27)21-23(10)9-14(25)19-13-6-7-22(20-13)8-11-2-4-12(18)5-3-11/h2-7H,8-9H2,1H3,(H,19,20,25). The normalized spacial score (nSPS) is 10.8. The molecular formula is C16H14BrClN6O3. The van der Waals surface area contributed by atoms with E-state index < -0.39 is 4.92 Å². The third-order valence-electron chi connectivity index (χ3n) is 3.75. The van der Waals surface area contributed by atoms with E-state index in [4.69, 9.17) is 11.6 Å². The highest BCUT2D eigenvalue weighted by atomic mass is 79.9. The molecule has 1 amide bonds. The van der Waals surface area contributed by atoms with Crippen LogP contribution in [0.3, 0.4) is 0 Å². The van der Waals surface area contributed by atoms with E-state index in [0.29, 0.717) is 23.1 Å². The number of anilines is 1. The zero-order valence-electron chi connectivity index (χ0n) is 14.1. The summed E-state index contributed by atoms with van der Waals surface area (Å²) in [4.78, 5) is 22.5. The van der Waals surface area contributed by atoms with E-state index in [1.165, 1.54) is 4.68 Å². The van der Waals surface area contributed by atoms with Crippen molar-refractivity contribution in [1.29, 1.82) is 0 Å². The molecule has 1 N–H and O–H groups in total. The summed E-state index contributed by atoms with van der Waals surface area (Å²) in [6.45, 7) is 2.00. The Balaban J connectivity index is 1.63. The predicted octanol–water partition coefficient (Wildman–Crippen LogP) is 3.40. The maximum Gasteiger partial charge on any atom is 0.404 e. The second-order valence-corrected chi connectivity index (χ2v) is 6.94. The maximum atomic E-state index is 12.2. The zero-order valence-corrected chi connectivity index (χ0v) is 16.4. The average Bonchev–Trinajstić information content (AvgIpc) is 3.16. The van der Waals surface area contributed by atoms with Gasteiger partial charge in [-0.2, -0.15) is 9.78 Å². The molecule has 0 saturated heterocycles. The number of rotatable bonds is 6. The maximum absolute atomic E-state index is 12.2. The Labute approximate surface area is 167 Å². The van der Waals surface area contributed by atoms with Crippen LogP contribution >= 0.6 is 27.5 Å². The molecular weight excluding hydrogens is 440 g/mol. The summed E-state index contributed by atoms with van der Waals surface area (Å²) in [6, 6.07) is 9.06. The van der Waals surface area contributed by atoms with Crippen molar-refractivity contribution in [3.63, 3.8) is 0 Å². The quantitative estimate of drug-likeness (QED) is 0.454. The second-order valence-electron chi connectivity index (χ2n) is 5.71. The molecule has 0 unspecified atom stereocenters. The average molecular weight is 454 g/mol. The van der Waals surface area contributed by atoms with Crippen molar-refractivity contribution in [2.24, 2.45) is 0 Å². The van der Waals surface area contributed by atoms with Crippen LogP contribution in [0, 0.1) is 17.0 Å². The van der Waals surface area contributed by atoms with Crippen LogP contribution in [-0.4, -0.2) is 30.4 Å². The van der Waals surface area contributed by atoms with Gasteiger partial charge in [-0.15, -0.1) is 0 Å². The SMILES string of the molecule is Cc1c(Br)c([N+](=O)[O-])nn1CC(=O)Nc1ccn(Cc2ccc(Cl)cc2)n1. The summed E-state index contributed by atoms with van der Waals surface area (Å²) in [7, 11) is 0. The molecule has 9 nitrogen and oxygen atoms in total. The van der Waals surface area contributed by atoms with Gasteiger partial charge in [0, 0.05) is 17.3 Å². The van der Waals surface area contributed by atoms with Crippen molar-refractivity contribution in [3.8, 4) is 0 Å². The number of nitrogens with one attached hydrogen (secondary N) is 1. The fourth-order valence-electron chi connectivity index (χ4n) is 2.39. The summed E-state index contributed by atoms with van der Waals surface area (Å²) < 4.78 is 3.20. The summed E-state index contributed by atoms with van der Waals surface area (Å²) >= 11 is 8.98. The number of halogens is 2. The molecule has 3 aromatic rings. The van der Waals surface area contributed by atoms with Crippen LogP contribution in [0.2, 0.25) is 5.02 Å². The monoisotopic (exact) mass is 452 g/mol. The number of benzene rings is 1. The van der Waals surface area contributed by atoms with E-state index in [1.54, 1.807) is 36.0 Å². The summed E-state index contributed by atoms with van der Waals surface area (Å²) in [5.41, 5.74) is 1.51. The lowest BCUT2D eigenvalue weighted by molar-refractivity contribution is -0.390. The molecule has 0 saturated carbocycles. The highest BCUT2D eigenvalue weighted by molar-refractivity contribution is 9.10. The van der Waals surface area contributed by atoms with Gasteiger partial charge in [0.25, 0.3) is 0 Å². The van der Waals surface area contributed by atoms with Gasteiger partial charge in [0.15, 0.2) is 5.82 Å². The van der Waals surface area contributed by atoms with E-state index in [1.807, 2.05) is 12.1 Å². The minimum Gasteiger partial charge on any atom is -0.358 e. The molecule has 11 heteroatoms. The van der Waals surface area contributed by atoms with Crippen LogP contribution < -0.4 is 5.32 Å². The molecule has 0 atom stereocenters. The van der Waals surface area contributed by atoms with Gasteiger partial charge >= 0.3 is 5.82 Å². The van der Waals surface area contributed by atoms with Gasteiger partial charge in [-0.05, 0) is 45.5 Å². The fourth-order valence-corrected chi connectivity index (χ4v) is 2.95. The summed E-state index contributed by atoms with van der Waals surface area (Å²) in [5.74, 6) is -0.334. The number of nitrogens with zero attached hydrogens (tertiary/aromatic N) is 5. The molecule has 140 valence electrons. The molecule has 3 rings (SSSR count). The van der Waals surface area contributed by atoms with E-state index in [2.05, 4.69) is 31.4 Å². The molecule has 0 aliphatic heterocycles. The minimum atomic E-state index is -0.607. The van der Waals surface area contributed by atoms with Crippen LogP contribution in [0.25, 0.3) is 0 Å². The molecule has 0 radical (unpaired) electrons. The number of amides is 1.